The van der Waals surface area contributed by atoms with Crippen LogP contribution in [0.4, 0.5) is 17.6 Å². The lowest BCUT2D eigenvalue weighted by atomic mass is 9.79. The largest absolute Gasteiger partial charge is 0.481 e. The maximum Gasteiger partial charge on any atom is 0.416 e. The van der Waals surface area contributed by atoms with Crippen LogP contribution in [0.15, 0.2) is 66.7 Å². The van der Waals surface area contributed by atoms with Crippen molar-refractivity contribution in [1.82, 2.24) is 4.90 Å². The number of alkyl halides is 3. The van der Waals surface area contributed by atoms with E-state index in [0.717, 1.165) is 49.2 Å². The number of likely N-dealkylation sites (tertiary alicyclic amines) is 1. The number of hydrogen-bond acceptors (Lipinski definition) is 2. The molecule has 5 rings (SSSR count). The van der Waals surface area contributed by atoms with Gasteiger partial charge in [0, 0.05) is 6.54 Å². The Morgan fingerprint density at radius 1 is 0.947 bits per heavy atom. The van der Waals surface area contributed by atoms with E-state index >= 15 is 0 Å². The molecule has 3 aromatic carbocycles. The Kier molecular flexibility index (Phi) is 6.62. The zero-order valence-corrected chi connectivity index (χ0v) is 21.5. The Morgan fingerprint density at radius 3 is 2.16 bits per heavy atom. The maximum absolute atomic E-state index is 13.9. The Balaban J connectivity index is 1.74. The number of piperidine rings is 1. The summed E-state index contributed by atoms with van der Waals surface area (Å²) in [6, 6.07) is 16.5. The van der Waals surface area contributed by atoms with Crippen LogP contribution in [0.3, 0.4) is 0 Å². The van der Waals surface area contributed by atoms with Gasteiger partial charge in [-0.15, -0.1) is 0 Å². The second-order valence-electron chi connectivity index (χ2n) is 11.4. The summed E-state index contributed by atoms with van der Waals surface area (Å²) in [5.74, 6) is -1.29. The molecular weight excluding hydrogens is 494 g/mol. The summed E-state index contributed by atoms with van der Waals surface area (Å²) in [5.41, 5.74) is 1.70. The van der Waals surface area contributed by atoms with Gasteiger partial charge in [-0.05, 0) is 89.7 Å². The van der Waals surface area contributed by atoms with E-state index in [1.807, 2.05) is 12.1 Å². The van der Waals surface area contributed by atoms with E-state index in [9.17, 15) is 27.5 Å². The second kappa shape index (κ2) is 9.53. The van der Waals surface area contributed by atoms with E-state index in [1.54, 1.807) is 18.2 Å². The van der Waals surface area contributed by atoms with Crippen LogP contribution in [-0.4, -0.2) is 29.1 Å². The Labute approximate surface area is 220 Å². The van der Waals surface area contributed by atoms with Crippen molar-refractivity contribution in [3.8, 4) is 11.1 Å². The number of rotatable bonds is 6. The van der Waals surface area contributed by atoms with Crippen molar-refractivity contribution >= 4 is 5.97 Å². The van der Waals surface area contributed by atoms with Gasteiger partial charge in [-0.2, -0.15) is 13.2 Å². The summed E-state index contributed by atoms with van der Waals surface area (Å²) in [6.45, 7) is 5.98. The van der Waals surface area contributed by atoms with Crippen molar-refractivity contribution < 1.29 is 27.5 Å². The highest BCUT2D eigenvalue weighted by molar-refractivity contribution is 5.89. The van der Waals surface area contributed by atoms with Crippen molar-refractivity contribution in [1.29, 1.82) is 0 Å². The molecule has 38 heavy (non-hydrogen) atoms. The van der Waals surface area contributed by atoms with Crippen LogP contribution in [0.2, 0.25) is 0 Å². The molecule has 3 nitrogen and oxygen atoms in total. The molecule has 1 atom stereocenters. The highest BCUT2D eigenvalue weighted by Crippen LogP contribution is 2.53. The van der Waals surface area contributed by atoms with Gasteiger partial charge in [-0.3, -0.25) is 9.69 Å². The molecule has 3 aromatic rings. The van der Waals surface area contributed by atoms with E-state index in [4.69, 9.17) is 0 Å². The maximum atomic E-state index is 13.9. The van der Waals surface area contributed by atoms with E-state index in [0.29, 0.717) is 29.5 Å². The molecule has 200 valence electrons. The van der Waals surface area contributed by atoms with Crippen molar-refractivity contribution in [3.63, 3.8) is 0 Å². The van der Waals surface area contributed by atoms with Crippen LogP contribution in [0.25, 0.3) is 11.1 Å². The van der Waals surface area contributed by atoms with Gasteiger partial charge in [0.15, 0.2) is 0 Å². The molecule has 7 heteroatoms. The summed E-state index contributed by atoms with van der Waals surface area (Å²) in [7, 11) is 0. The molecule has 1 saturated heterocycles. The zero-order valence-electron chi connectivity index (χ0n) is 21.5. The van der Waals surface area contributed by atoms with Crippen LogP contribution in [0.1, 0.15) is 67.8 Å². The topological polar surface area (TPSA) is 40.5 Å². The highest BCUT2D eigenvalue weighted by atomic mass is 19.4. The fraction of sp³-hybridized carbons (Fsp3) is 0.387. The molecule has 1 aliphatic carbocycles. The number of carboxylic acids is 1. The molecular formula is C31H31F4NO2. The lowest BCUT2D eigenvalue weighted by molar-refractivity contribution is -0.140. The monoisotopic (exact) mass is 525 g/mol. The van der Waals surface area contributed by atoms with Gasteiger partial charge in [0.1, 0.15) is 5.82 Å². The normalized spacial score (nSPS) is 19.6. The molecule has 1 aliphatic heterocycles. The summed E-state index contributed by atoms with van der Waals surface area (Å²) >= 11 is 0. The first-order valence-corrected chi connectivity index (χ1v) is 13.0. The average molecular weight is 526 g/mol. The quantitative estimate of drug-likeness (QED) is 0.333. The number of nitrogens with zero attached hydrogens (tertiary/aromatic N) is 1. The Bertz CT molecular complexity index is 1330. The van der Waals surface area contributed by atoms with E-state index < -0.39 is 23.1 Å². The zero-order chi connectivity index (χ0) is 27.3. The molecule has 2 aliphatic rings. The average Bonchev–Trinajstić information content (AvgIpc) is 3.67. The molecule has 0 aromatic heterocycles. The summed E-state index contributed by atoms with van der Waals surface area (Å²) in [4.78, 5) is 14.8. The van der Waals surface area contributed by atoms with Crippen LogP contribution >= 0.6 is 0 Å². The van der Waals surface area contributed by atoms with Gasteiger partial charge < -0.3 is 5.11 Å². The summed E-state index contributed by atoms with van der Waals surface area (Å²) < 4.78 is 54.0. The number of hydrogen-bond donors (Lipinski definition) is 1. The predicted molar refractivity (Wildman–Crippen MR) is 138 cm³/mol. The predicted octanol–water partition coefficient (Wildman–Crippen LogP) is 7.84. The second-order valence-corrected chi connectivity index (χ2v) is 11.4. The molecule has 0 amide bonds. The molecule has 1 saturated carbocycles. The first-order valence-electron chi connectivity index (χ1n) is 13.0. The smallest absolute Gasteiger partial charge is 0.416 e. The third-order valence-corrected chi connectivity index (χ3v) is 8.05. The van der Waals surface area contributed by atoms with Crippen LogP contribution < -0.4 is 0 Å². The van der Waals surface area contributed by atoms with E-state index in [1.165, 1.54) is 24.3 Å². The SMILES string of the molecule is CC1(C)CCCN(C(c2ccc(F)cc2)c2cccc(C3(C(=O)O)CC3)c2-c2ccc(C(F)(F)F)cc2)C1. The number of aliphatic carboxylic acids is 1. The van der Waals surface area contributed by atoms with Gasteiger partial charge in [-0.25, -0.2) is 4.39 Å². The number of carboxylic acid groups (broad SMARTS) is 1. The van der Waals surface area contributed by atoms with Gasteiger partial charge in [0.2, 0.25) is 0 Å². The molecule has 2 fully saturated rings. The van der Waals surface area contributed by atoms with Crippen molar-refractivity contribution in [3.05, 3.63) is 94.8 Å². The first kappa shape index (κ1) is 26.4. The fourth-order valence-electron chi connectivity index (χ4n) is 5.99. The molecule has 1 N–H and O–H groups in total. The minimum Gasteiger partial charge on any atom is -0.481 e. The third kappa shape index (κ3) is 4.96. The van der Waals surface area contributed by atoms with Crippen LogP contribution in [0.5, 0.6) is 0 Å². The van der Waals surface area contributed by atoms with Crippen LogP contribution in [-0.2, 0) is 16.4 Å². The summed E-state index contributed by atoms with van der Waals surface area (Å²) in [6.07, 6.45) is -1.50. The van der Waals surface area contributed by atoms with Gasteiger partial charge >= 0.3 is 12.1 Å². The standard InChI is InChI=1S/C31H31F4NO2/c1-29(2)15-4-18-36(19-29)27(21-9-13-23(32)14-10-21)24-5-3-6-25(30(16-17-30)28(37)38)26(24)20-7-11-22(12-8-20)31(33,34)35/h3,5-14,27H,4,15-19H2,1-2H3,(H,37,38). The van der Waals surface area contributed by atoms with Gasteiger partial charge in [0.05, 0.1) is 17.0 Å². The lowest BCUT2D eigenvalue weighted by Gasteiger charge is -2.43. The number of carbonyl (C=O) groups is 1. The molecule has 0 bridgehead atoms. The minimum atomic E-state index is -4.48. The molecule has 0 radical (unpaired) electrons. The minimum absolute atomic E-state index is 0.0431. The lowest BCUT2D eigenvalue weighted by Crippen LogP contribution is -2.42. The molecule has 0 spiro atoms. The van der Waals surface area contributed by atoms with Crippen molar-refractivity contribution in [2.75, 3.05) is 13.1 Å². The Morgan fingerprint density at radius 2 is 1.61 bits per heavy atom. The van der Waals surface area contributed by atoms with Gasteiger partial charge in [0.25, 0.3) is 0 Å². The first-order chi connectivity index (χ1) is 17.9. The third-order valence-electron chi connectivity index (χ3n) is 8.05. The van der Waals surface area contributed by atoms with Crippen molar-refractivity contribution in [2.45, 2.75) is 57.2 Å². The van der Waals surface area contributed by atoms with Gasteiger partial charge in [-0.1, -0.05) is 56.3 Å². The fourth-order valence-corrected chi connectivity index (χ4v) is 5.99. The highest BCUT2D eigenvalue weighted by Gasteiger charge is 2.53. The van der Waals surface area contributed by atoms with E-state index in [2.05, 4.69) is 18.7 Å². The molecule has 1 heterocycles. The molecule has 1 unspecified atom stereocenters. The van der Waals surface area contributed by atoms with E-state index in [-0.39, 0.29) is 17.3 Å². The summed E-state index contributed by atoms with van der Waals surface area (Å²) in [5, 5.41) is 10.2. The van der Waals surface area contributed by atoms with Crippen LogP contribution in [0, 0.1) is 11.2 Å². The number of halogens is 4. The number of benzene rings is 3. The van der Waals surface area contributed by atoms with Crippen molar-refractivity contribution in [2.24, 2.45) is 5.41 Å². The Hall–Kier alpha value is -3.19.